The van der Waals surface area contributed by atoms with Gasteiger partial charge in [-0.25, -0.2) is 0 Å². The Bertz CT molecular complexity index is 1060. The first-order valence-electron chi connectivity index (χ1n) is 10.1. The van der Waals surface area contributed by atoms with Gasteiger partial charge in [0.2, 0.25) is 11.8 Å². The number of carbonyl (C=O) groups is 3. The minimum atomic E-state index is -1.11. The van der Waals surface area contributed by atoms with Gasteiger partial charge in [0.15, 0.2) is 11.5 Å². The van der Waals surface area contributed by atoms with Crippen LogP contribution in [0.3, 0.4) is 0 Å². The zero-order chi connectivity index (χ0) is 23.6. The maximum Gasteiger partial charge on any atom is 0.255 e. The molecular weight excluding hydrogens is 434 g/mol. The van der Waals surface area contributed by atoms with Crippen LogP contribution in [0.25, 0.3) is 0 Å². The number of primary amides is 1. The van der Waals surface area contributed by atoms with Crippen molar-refractivity contribution in [2.45, 2.75) is 25.4 Å². The highest BCUT2D eigenvalue weighted by Gasteiger charge is 2.46. The fourth-order valence-electron chi connectivity index (χ4n) is 3.89. The quantitative estimate of drug-likeness (QED) is 0.653. The summed E-state index contributed by atoms with van der Waals surface area (Å²) in [6, 6.07) is 8.11. The Balaban J connectivity index is 2.17. The number of rotatable bonds is 8. The minimum Gasteiger partial charge on any atom is -0.493 e. The Labute approximate surface area is 191 Å². The van der Waals surface area contributed by atoms with Crippen molar-refractivity contribution >= 4 is 29.3 Å². The van der Waals surface area contributed by atoms with Crippen molar-refractivity contribution in [2.75, 3.05) is 27.8 Å². The SMILES string of the molecule is CCOc1cc(C(CC(=O)N(C)C)N2C(=O)c3cccc(Cl)c3C2C(N)=O)ccc1OC. The molecule has 0 saturated carbocycles. The smallest absolute Gasteiger partial charge is 0.255 e. The summed E-state index contributed by atoms with van der Waals surface area (Å²) in [5.74, 6) is -0.393. The maximum absolute atomic E-state index is 13.4. The van der Waals surface area contributed by atoms with E-state index in [2.05, 4.69) is 0 Å². The van der Waals surface area contributed by atoms with Crippen molar-refractivity contribution < 1.29 is 23.9 Å². The van der Waals surface area contributed by atoms with Gasteiger partial charge in [-0.3, -0.25) is 14.4 Å². The molecule has 0 saturated heterocycles. The van der Waals surface area contributed by atoms with Crippen molar-refractivity contribution in [3.63, 3.8) is 0 Å². The van der Waals surface area contributed by atoms with Gasteiger partial charge in [-0.15, -0.1) is 0 Å². The Morgan fingerprint density at radius 1 is 1.22 bits per heavy atom. The molecule has 32 heavy (non-hydrogen) atoms. The Morgan fingerprint density at radius 3 is 2.53 bits per heavy atom. The highest BCUT2D eigenvalue weighted by Crippen LogP contribution is 2.45. The highest BCUT2D eigenvalue weighted by atomic mass is 35.5. The van der Waals surface area contributed by atoms with Gasteiger partial charge >= 0.3 is 0 Å². The van der Waals surface area contributed by atoms with Crippen molar-refractivity contribution in [1.29, 1.82) is 0 Å². The van der Waals surface area contributed by atoms with Gasteiger partial charge in [0.1, 0.15) is 6.04 Å². The first-order chi connectivity index (χ1) is 15.2. The molecule has 1 aliphatic rings. The molecule has 1 heterocycles. The van der Waals surface area contributed by atoms with Gasteiger partial charge in [-0.1, -0.05) is 23.7 Å². The summed E-state index contributed by atoms with van der Waals surface area (Å²) in [5.41, 5.74) is 6.98. The zero-order valence-corrected chi connectivity index (χ0v) is 19.2. The van der Waals surface area contributed by atoms with Crippen molar-refractivity contribution in [2.24, 2.45) is 5.73 Å². The molecule has 0 fully saturated rings. The van der Waals surface area contributed by atoms with Crippen LogP contribution in [0.15, 0.2) is 36.4 Å². The lowest BCUT2D eigenvalue weighted by Crippen LogP contribution is -2.40. The zero-order valence-electron chi connectivity index (χ0n) is 18.4. The van der Waals surface area contributed by atoms with Crippen LogP contribution in [0.5, 0.6) is 11.5 Å². The van der Waals surface area contributed by atoms with Crippen LogP contribution < -0.4 is 15.2 Å². The van der Waals surface area contributed by atoms with Crippen molar-refractivity contribution in [3.8, 4) is 11.5 Å². The van der Waals surface area contributed by atoms with Gasteiger partial charge in [0.25, 0.3) is 5.91 Å². The lowest BCUT2D eigenvalue weighted by atomic mass is 9.98. The molecule has 2 N–H and O–H groups in total. The number of carbonyl (C=O) groups excluding carboxylic acids is 3. The maximum atomic E-state index is 13.4. The second-order valence-electron chi connectivity index (χ2n) is 7.57. The third kappa shape index (κ3) is 4.23. The number of nitrogens with zero attached hydrogens (tertiary/aromatic N) is 2. The van der Waals surface area contributed by atoms with E-state index in [9.17, 15) is 14.4 Å². The molecule has 2 unspecified atom stereocenters. The average Bonchev–Trinajstić information content (AvgIpc) is 3.06. The second kappa shape index (κ2) is 9.48. The van der Waals surface area contributed by atoms with Crippen LogP contribution in [0.1, 0.15) is 46.9 Å². The highest BCUT2D eigenvalue weighted by molar-refractivity contribution is 6.32. The number of hydrogen-bond acceptors (Lipinski definition) is 5. The fraction of sp³-hybridized carbons (Fsp3) is 0.348. The topological polar surface area (TPSA) is 102 Å². The van der Waals surface area contributed by atoms with E-state index in [0.29, 0.717) is 34.8 Å². The standard InChI is InChI=1S/C23H26ClN3O5/c1-5-32-18-11-13(9-10-17(18)31-4)16(12-19(28)26(2)3)27-21(22(25)29)20-14(23(27)30)7-6-8-15(20)24/h6-11,16,21H,5,12H2,1-4H3,(H2,25,29). The molecule has 3 amide bonds. The van der Waals surface area contributed by atoms with E-state index in [1.54, 1.807) is 50.5 Å². The summed E-state index contributed by atoms with van der Waals surface area (Å²) < 4.78 is 11.0. The molecule has 170 valence electrons. The molecule has 3 rings (SSSR count). The molecule has 8 nitrogen and oxygen atoms in total. The molecule has 0 aliphatic carbocycles. The van der Waals surface area contributed by atoms with Gasteiger partial charge < -0.3 is 25.0 Å². The first-order valence-corrected chi connectivity index (χ1v) is 10.5. The molecule has 9 heteroatoms. The van der Waals surface area contributed by atoms with Gasteiger partial charge in [0, 0.05) is 30.2 Å². The number of amides is 3. The predicted molar refractivity (Wildman–Crippen MR) is 120 cm³/mol. The summed E-state index contributed by atoms with van der Waals surface area (Å²) >= 11 is 6.35. The normalized spacial score (nSPS) is 15.8. The van der Waals surface area contributed by atoms with E-state index in [0.717, 1.165) is 0 Å². The minimum absolute atomic E-state index is 0.0635. The lowest BCUT2D eigenvalue weighted by molar-refractivity contribution is -0.131. The Hall–Kier alpha value is -3.26. The summed E-state index contributed by atoms with van der Waals surface area (Å²) in [4.78, 5) is 41.5. The Kier molecular flexibility index (Phi) is 6.93. The molecule has 0 bridgehead atoms. The van der Waals surface area contributed by atoms with E-state index in [-0.39, 0.29) is 17.4 Å². The molecule has 0 spiro atoms. The summed E-state index contributed by atoms with van der Waals surface area (Å²) in [5, 5.41) is 0.268. The molecule has 2 atom stereocenters. The molecule has 2 aromatic carbocycles. The third-order valence-corrected chi connectivity index (χ3v) is 5.74. The van der Waals surface area contributed by atoms with Gasteiger partial charge in [0.05, 0.1) is 26.2 Å². The van der Waals surface area contributed by atoms with Gasteiger partial charge in [-0.2, -0.15) is 0 Å². The van der Waals surface area contributed by atoms with Crippen LogP contribution >= 0.6 is 11.6 Å². The van der Waals surface area contributed by atoms with E-state index in [1.807, 2.05) is 6.92 Å². The van der Waals surface area contributed by atoms with Crippen molar-refractivity contribution in [1.82, 2.24) is 9.80 Å². The Morgan fingerprint density at radius 2 is 1.94 bits per heavy atom. The summed E-state index contributed by atoms with van der Waals surface area (Å²) in [6.07, 6.45) is -0.0635. The van der Waals surface area contributed by atoms with Crippen LogP contribution in [0, 0.1) is 0 Å². The number of fused-ring (bicyclic) bond motifs is 1. The molecule has 2 aromatic rings. The molecule has 1 aliphatic heterocycles. The van der Waals surface area contributed by atoms with Crippen molar-refractivity contribution in [3.05, 3.63) is 58.1 Å². The molecule has 0 aromatic heterocycles. The van der Waals surface area contributed by atoms with E-state index in [1.165, 1.54) is 16.9 Å². The van der Waals surface area contributed by atoms with Crippen LogP contribution in [-0.2, 0) is 9.59 Å². The summed E-state index contributed by atoms with van der Waals surface area (Å²) in [6.45, 7) is 2.24. The second-order valence-corrected chi connectivity index (χ2v) is 7.98. The number of hydrogen-bond donors (Lipinski definition) is 1. The molecular formula is C23H26ClN3O5. The van der Waals surface area contributed by atoms with Crippen LogP contribution in [0.4, 0.5) is 0 Å². The predicted octanol–water partition coefficient (Wildman–Crippen LogP) is 2.95. The number of nitrogens with two attached hydrogens (primary N) is 1. The van der Waals surface area contributed by atoms with Crippen LogP contribution in [-0.4, -0.2) is 55.3 Å². The van der Waals surface area contributed by atoms with E-state index in [4.69, 9.17) is 26.8 Å². The molecule has 0 radical (unpaired) electrons. The van der Waals surface area contributed by atoms with E-state index >= 15 is 0 Å². The number of ether oxygens (including phenoxy) is 2. The summed E-state index contributed by atoms with van der Waals surface area (Å²) in [7, 11) is 4.78. The average molecular weight is 460 g/mol. The van der Waals surface area contributed by atoms with Crippen LogP contribution in [0.2, 0.25) is 5.02 Å². The third-order valence-electron chi connectivity index (χ3n) is 5.41. The number of halogens is 1. The first kappa shape index (κ1) is 23.4. The fourth-order valence-corrected chi connectivity index (χ4v) is 4.17. The lowest BCUT2D eigenvalue weighted by Gasteiger charge is -2.33. The number of benzene rings is 2. The number of methoxy groups -OCH3 is 1. The van der Waals surface area contributed by atoms with Gasteiger partial charge in [-0.05, 0) is 36.8 Å². The monoisotopic (exact) mass is 459 g/mol. The van der Waals surface area contributed by atoms with E-state index < -0.39 is 23.9 Å². The largest absolute Gasteiger partial charge is 0.493 e.